The first-order valence-electron chi connectivity index (χ1n) is 8.29. The van der Waals surface area contributed by atoms with Crippen molar-refractivity contribution in [2.45, 2.75) is 20.3 Å². The molecular formula is C20H22N4O. The van der Waals surface area contributed by atoms with Gasteiger partial charge in [0.15, 0.2) is 0 Å². The average Bonchev–Trinajstić information content (AvgIpc) is 2.62. The molecule has 0 bridgehead atoms. The molecule has 0 saturated carbocycles. The van der Waals surface area contributed by atoms with Crippen LogP contribution in [-0.2, 0) is 6.42 Å². The van der Waals surface area contributed by atoms with E-state index in [0.717, 1.165) is 35.1 Å². The van der Waals surface area contributed by atoms with E-state index in [1.165, 1.54) is 5.56 Å². The summed E-state index contributed by atoms with van der Waals surface area (Å²) in [6.07, 6.45) is 0.950. The Morgan fingerprint density at radius 1 is 0.960 bits per heavy atom. The van der Waals surface area contributed by atoms with Crippen LogP contribution >= 0.6 is 0 Å². The van der Waals surface area contributed by atoms with Crippen LogP contribution in [0.5, 0.6) is 5.75 Å². The van der Waals surface area contributed by atoms with Gasteiger partial charge in [0.1, 0.15) is 11.6 Å². The first-order chi connectivity index (χ1) is 12.2. The number of rotatable bonds is 6. The maximum absolute atomic E-state index is 5.18. The summed E-state index contributed by atoms with van der Waals surface area (Å²) in [5.74, 6) is 2.15. The van der Waals surface area contributed by atoms with E-state index in [0.29, 0.717) is 5.95 Å². The summed E-state index contributed by atoms with van der Waals surface area (Å²) >= 11 is 0. The molecule has 0 spiro atoms. The maximum atomic E-state index is 5.18. The van der Waals surface area contributed by atoms with Gasteiger partial charge in [0.05, 0.1) is 7.11 Å². The molecular weight excluding hydrogens is 312 g/mol. The molecule has 0 atom stereocenters. The van der Waals surface area contributed by atoms with E-state index in [-0.39, 0.29) is 0 Å². The summed E-state index contributed by atoms with van der Waals surface area (Å²) in [6, 6.07) is 17.8. The summed E-state index contributed by atoms with van der Waals surface area (Å²) in [7, 11) is 1.66. The summed E-state index contributed by atoms with van der Waals surface area (Å²) in [5, 5.41) is 6.63. The molecule has 5 heteroatoms. The molecule has 0 saturated heterocycles. The van der Waals surface area contributed by atoms with E-state index in [1.807, 2.05) is 55.5 Å². The van der Waals surface area contributed by atoms with Crippen molar-refractivity contribution in [3.63, 3.8) is 0 Å². The van der Waals surface area contributed by atoms with Crippen molar-refractivity contribution in [1.29, 1.82) is 0 Å². The molecule has 1 heterocycles. The van der Waals surface area contributed by atoms with Crippen LogP contribution in [0.2, 0.25) is 0 Å². The van der Waals surface area contributed by atoms with Crippen molar-refractivity contribution in [2.24, 2.45) is 0 Å². The highest BCUT2D eigenvalue weighted by Gasteiger charge is 2.06. The molecule has 25 heavy (non-hydrogen) atoms. The Hall–Kier alpha value is -3.08. The molecule has 128 valence electrons. The molecule has 0 aliphatic carbocycles. The van der Waals surface area contributed by atoms with Gasteiger partial charge in [-0.15, -0.1) is 0 Å². The van der Waals surface area contributed by atoms with Gasteiger partial charge in [-0.25, -0.2) is 4.98 Å². The lowest BCUT2D eigenvalue weighted by atomic mass is 10.1. The number of hydrogen-bond acceptors (Lipinski definition) is 5. The lowest BCUT2D eigenvalue weighted by Gasteiger charge is -2.12. The molecule has 0 unspecified atom stereocenters. The molecule has 2 aromatic carbocycles. The van der Waals surface area contributed by atoms with Crippen molar-refractivity contribution >= 4 is 23.1 Å². The van der Waals surface area contributed by atoms with Crippen LogP contribution in [0.1, 0.15) is 18.2 Å². The lowest BCUT2D eigenvalue weighted by Crippen LogP contribution is -2.03. The van der Waals surface area contributed by atoms with E-state index >= 15 is 0 Å². The highest BCUT2D eigenvalue weighted by molar-refractivity contribution is 5.62. The first-order valence-corrected chi connectivity index (χ1v) is 8.29. The number of nitrogens with zero attached hydrogens (tertiary/aromatic N) is 2. The van der Waals surface area contributed by atoms with Crippen molar-refractivity contribution < 1.29 is 4.74 Å². The third kappa shape index (κ3) is 4.26. The summed E-state index contributed by atoms with van der Waals surface area (Å²) in [6.45, 7) is 4.09. The SMILES string of the molecule is CCc1ccccc1Nc1nc(C)cc(Nc2ccc(OC)cc2)n1. The van der Waals surface area contributed by atoms with Crippen molar-refractivity contribution in [1.82, 2.24) is 9.97 Å². The smallest absolute Gasteiger partial charge is 0.229 e. The minimum absolute atomic E-state index is 0.580. The van der Waals surface area contributed by atoms with Gasteiger partial charge >= 0.3 is 0 Å². The van der Waals surface area contributed by atoms with Gasteiger partial charge in [-0.3, -0.25) is 0 Å². The molecule has 2 N–H and O–H groups in total. The van der Waals surface area contributed by atoms with Gasteiger partial charge < -0.3 is 15.4 Å². The molecule has 0 aliphatic heterocycles. The Labute approximate surface area is 148 Å². The van der Waals surface area contributed by atoms with Gasteiger partial charge in [-0.05, 0) is 49.2 Å². The van der Waals surface area contributed by atoms with Gasteiger partial charge in [-0.1, -0.05) is 25.1 Å². The molecule has 3 rings (SSSR count). The van der Waals surface area contributed by atoms with Gasteiger partial charge in [0, 0.05) is 23.1 Å². The van der Waals surface area contributed by atoms with Crippen molar-refractivity contribution in [3.8, 4) is 5.75 Å². The number of methoxy groups -OCH3 is 1. The third-order valence-corrected chi connectivity index (χ3v) is 3.86. The average molecular weight is 334 g/mol. The summed E-state index contributed by atoms with van der Waals surface area (Å²) in [4.78, 5) is 9.07. The van der Waals surface area contributed by atoms with Crippen LogP contribution in [0.4, 0.5) is 23.1 Å². The lowest BCUT2D eigenvalue weighted by molar-refractivity contribution is 0.415. The number of aryl methyl sites for hydroxylation is 2. The molecule has 0 aliphatic rings. The fraction of sp³-hybridized carbons (Fsp3) is 0.200. The van der Waals surface area contributed by atoms with E-state index in [9.17, 15) is 0 Å². The van der Waals surface area contributed by atoms with Crippen molar-refractivity contribution in [2.75, 3.05) is 17.7 Å². The van der Waals surface area contributed by atoms with Gasteiger partial charge in [0.2, 0.25) is 5.95 Å². The minimum Gasteiger partial charge on any atom is -0.497 e. The van der Waals surface area contributed by atoms with E-state index in [1.54, 1.807) is 7.11 Å². The number of para-hydroxylation sites is 1. The zero-order valence-electron chi connectivity index (χ0n) is 14.7. The highest BCUT2D eigenvalue weighted by Crippen LogP contribution is 2.23. The second kappa shape index (κ2) is 7.66. The topological polar surface area (TPSA) is 59.1 Å². The first kappa shape index (κ1) is 16.8. The minimum atomic E-state index is 0.580. The van der Waals surface area contributed by atoms with Crippen LogP contribution in [-0.4, -0.2) is 17.1 Å². The van der Waals surface area contributed by atoms with Crippen LogP contribution in [0.15, 0.2) is 54.6 Å². The van der Waals surface area contributed by atoms with Crippen LogP contribution in [0.3, 0.4) is 0 Å². The highest BCUT2D eigenvalue weighted by atomic mass is 16.5. The Morgan fingerprint density at radius 2 is 1.72 bits per heavy atom. The molecule has 3 aromatic rings. The predicted molar refractivity (Wildman–Crippen MR) is 102 cm³/mol. The second-order valence-electron chi connectivity index (χ2n) is 5.71. The number of anilines is 4. The number of benzene rings is 2. The molecule has 0 amide bonds. The fourth-order valence-electron chi connectivity index (χ4n) is 2.58. The Bertz CT molecular complexity index is 847. The zero-order valence-corrected chi connectivity index (χ0v) is 14.7. The Balaban J connectivity index is 1.82. The normalized spacial score (nSPS) is 10.4. The van der Waals surface area contributed by atoms with Gasteiger partial charge in [0.25, 0.3) is 0 Å². The predicted octanol–water partition coefficient (Wildman–Crippen LogP) is 4.84. The van der Waals surface area contributed by atoms with Crippen LogP contribution < -0.4 is 15.4 Å². The van der Waals surface area contributed by atoms with Crippen LogP contribution in [0, 0.1) is 6.92 Å². The number of aromatic nitrogens is 2. The quantitative estimate of drug-likeness (QED) is 0.675. The number of nitrogens with one attached hydrogen (secondary N) is 2. The third-order valence-electron chi connectivity index (χ3n) is 3.86. The number of ether oxygens (including phenoxy) is 1. The van der Waals surface area contributed by atoms with E-state index in [2.05, 4.69) is 33.6 Å². The zero-order chi connectivity index (χ0) is 17.6. The molecule has 5 nitrogen and oxygen atoms in total. The Morgan fingerprint density at radius 3 is 2.44 bits per heavy atom. The largest absolute Gasteiger partial charge is 0.497 e. The Kier molecular flexibility index (Phi) is 5.14. The van der Waals surface area contributed by atoms with Gasteiger partial charge in [-0.2, -0.15) is 4.98 Å². The monoisotopic (exact) mass is 334 g/mol. The molecule has 0 fully saturated rings. The van der Waals surface area contributed by atoms with E-state index < -0.39 is 0 Å². The maximum Gasteiger partial charge on any atom is 0.229 e. The van der Waals surface area contributed by atoms with Crippen molar-refractivity contribution in [3.05, 3.63) is 65.9 Å². The standard InChI is InChI=1S/C20H22N4O/c1-4-15-7-5-6-8-18(15)23-20-21-14(2)13-19(24-20)22-16-9-11-17(25-3)12-10-16/h5-13H,4H2,1-3H3,(H2,21,22,23,24). The van der Waals surface area contributed by atoms with Crippen LogP contribution in [0.25, 0.3) is 0 Å². The fourth-order valence-corrected chi connectivity index (χ4v) is 2.58. The summed E-state index contributed by atoms with van der Waals surface area (Å²) in [5.41, 5.74) is 4.10. The molecule has 0 radical (unpaired) electrons. The molecule has 1 aromatic heterocycles. The van der Waals surface area contributed by atoms with E-state index in [4.69, 9.17) is 4.74 Å². The number of hydrogen-bond donors (Lipinski definition) is 2. The second-order valence-corrected chi connectivity index (χ2v) is 5.71. The summed E-state index contributed by atoms with van der Waals surface area (Å²) < 4.78 is 5.18.